The number of hydrogen-bond donors (Lipinski definition) is 0. The molecule has 0 bridgehead atoms. The van der Waals surface area contributed by atoms with Crippen LogP contribution in [0.15, 0.2) is 53.2 Å². The Bertz CT molecular complexity index is 575. The molecule has 0 spiro atoms. The first-order valence-corrected chi connectivity index (χ1v) is 9.70. The lowest BCUT2D eigenvalue weighted by atomic mass is 9.60. The highest BCUT2D eigenvalue weighted by Gasteiger charge is 2.51. The van der Waals surface area contributed by atoms with Gasteiger partial charge in [-0.05, 0) is 5.19 Å². The minimum absolute atomic E-state index is 0.172. The van der Waals surface area contributed by atoms with Gasteiger partial charge in [0.05, 0.1) is 5.20 Å². The van der Waals surface area contributed by atoms with Crippen LogP contribution in [0.25, 0.3) is 0 Å². The van der Waals surface area contributed by atoms with E-state index in [-0.39, 0.29) is 6.13 Å². The van der Waals surface area contributed by atoms with E-state index in [4.69, 9.17) is 33.6 Å². The predicted molar refractivity (Wildman–Crippen MR) is 78.8 cm³/mol. The van der Waals surface area contributed by atoms with Crippen molar-refractivity contribution in [2.75, 3.05) is 0 Å². The highest BCUT2D eigenvalue weighted by molar-refractivity contribution is 7.55. The third-order valence-corrected chi connectivity index (χ3v) is 8.24. The number of allylic oxidation sites excluding steroid dienone is 6. The summed E-state index contributed by atoms with van der Waals surface area (Å²) in [4.78, 5) is 0. The van der Waals surface area contributed by atoms with Crippen molar-refractivity contribution >= 4 is 57.1 Å². The zero-order chi connectivity index (χ0) is 12.0. The maximum Gasteiger partial charge on any atom is 0.375 e. The highest BCUT2D eigenvalue weighted by Crippen LogP contribution is 2.34. The Hall–Kier alpha value is -0.498. The summed E-state index contributed by atoms with van der Waals surface area (Å²) in [5, 5.41) is 1.96. The van der Waals surface area contributed by atoms with Crippen LogP contribution in [0.4, 0.5) is 0 Å². The molecule has 17 heavy (non-hydrogen) atoms. The fourth-order valence-electron chi connectivity index (χ4n) is 2.25. The summed E-state index contributed by atoms with van der Waals surface area (Å²) in [6.45, 7) is -2.64. The smallest absolute Gasteiger partial charge is 0.179 e. The van der Waals surface area contributed by atoms with Crippen LogP contribution in [-0.2, 0) is 0 Å². The van der Waals surface area contributed by atoms with E-state index in [9.17, 15) is 0 Å². The Kier molecular flexibility index (Phi) is 2.73. The number of fused-ring (bicyclic) bond motifs is 1. The maximum absolute atomic E-state index is 6.62. The zero-order valence-electron chi connectivity index (χ0n) is 8.75. The molecule has 82 valence electrons. The second-order valence-corrected chi connectivity index (χ2v) is 10.7. The van der Waals surface area contributed by atoms with E-state index in [0.717, 1.165) is 21.3 Å². The van der Waals surface area contributed by atoms with E-state index < -0.39 is 6.69 Å². The fraction of sp³-hybridized carbons (Fsp3) is 0. The number of benzene rings is 1. The molecule has 0 fully saturated rings. The van der Waals surface area contributed by atoms with E-state index in [1.54, 1.807) is 0 Å². The number of halogens is 3. The van der Waals surface area contributed by atoms with Gasteiger partial charge in [-0.2, -0.15) is 11.5 Å². The normalized spacial score (nSPS) is 19.8. The van der Waals surface area contributed by atoms with Crippen LogP contribution in [-0.4, -0.2) is 12.8 Å². The lowest BCUT2D eigenvalue weighted by molar-refractivity contribution is 1.62. The summed E-state index contributed by atoms with van der Waals surface area (Å²) >= 11 is 19.7. The molecule has 0 atom stereocenters. The summed E-state index contributed by atoms with van der Waals surface area (Å²) in [7, 11) is 0. The second kappa shape index (κ2) is 4.01. The van der Waals surface area contributed by atoms with Gasteiger partial charge in [0, 0.05) is 17.6 Å². The molecule has 0 radical (unpaired) electrons. The molecule has 1 aliphatic heterocycles. The molecule has 0 amide bonds. The molecule has 1 aromatic rings. The molecule has 1 aromatic carbocycles. The van der Waals surface area contributed by atoms with Gasteiger partial charge in [-0.25, -0.2) is 0 Å². The summed E-state index contributed by atoms with van der Waals surface area (Å²) in [5.74, 6) is 0. The maximum atomic E-state index is 6.62. The lowest BCUT2D eigenvalue weighted by Crippen LogP contribution is -2.57. The molecule has 1 aliphatic carbocycles. The van der Waals surface area contributed by atoms with Gasteiger partial charge in [0.25, 0.3) is 0 Å². The predicted octanol–water partition coefficient (Wildman–Crippen LogP) is 2.57. The number of rotatable bonds is 0. The summed E-state index contributed by atoms with van der Waals surface area (Å²) < 4.78 is 0. The van der Waals surface area contributed by atoms with Crippen molar-refractivity contribution in [1.29, 1.82) is 0 Å². The summed E-state index contributed by atoms with van der Waals surface area (Å²) in [6.07, 6.45) is 8.53. The van der Waals surface area contributed by atoms with Crippen molar-refractivity contribution in [1.82, 2.24) is 0 Å². The van der Waals surface area contributed by atoms with Crippen molar-refractivity contribution in [3.05, 3.63) is 59.2 Å². The van der Waals surface area contributed by atoms with Gasteiger partial charge in [0.15, 0.2) is 0 Å². The Labute approximate surface area is 116 Å². The Morgan fingerprint density at radius 2 is 1.94 bits per heavy atom. The first-order chi connectivity index (χ1) is 8.12. The Morgan fingerprint density at radius 3 is 2.76 bits per heavy atom. The molecule has 0 nitrogen and oxygen atoms in total. The standard InChI is InChI=1S/C12H7BCl3Si/c14-13-9-5-1-3-7-11(9)17(15,16)12-8-4-2-6-10(12)13/h1-3,5-8H/q+1. The minimum Gasteiger partial charge on any atom is -0.179 e. The van der Waals surface area contributed by atoms with Gasteiger partial charge in [-0.3, -0.25) is 0 Å². The van der Waals surface area contributed by atoms with Gasteiger partial charge in [0.2, 0.25) is 0 Å². The molecule has 0 unspecified atom stereocenters. The fourth-order valence-corrected chi connectivity index (χ4v) is 6.87. The van der Waals surface area contributed by atoms with E-state index >= 15 is 0 Å². The van der Waals surface area contributed by atoms with Crippen molar-refractivity contribution in [3.63, 3.8) is 0 Å². The quantitative estimate of drug-likeness (QED) is 0.392. The van der Waals surface area contributed by atoms with Crippen LogP contribution < -0.4 is 10.6 Å². The second-order valence-electron chi connectivity index (χ2n) is 4.04. The first-order valence-electron chi connectivity index (χ1n) is 5.24. The van der Waals surface area contributed by atoms with Gasteiger partial charge >= 0.3 is 12.8 Å². The molecular weight excluding hydrogens is 289 g/mol. The molecule has 0 saturated heterocycles. The van der Waals surface area contributed by atoms with E-state index in [1.807, 2.05) is 42.5 Å². The van der Waals surface area contributed by atoms with Crippen LogP contribution in [0.3, 0.4) is 0 Å². The summed E-state index contributed by atoms with van der Waals surface area (Å²) in [6, 6.07) is 7.89. The molecule has 1 heterocycles. The highest BCUT2D eigenvalue weighted by atomic mass is 35.7. The number of hydrogen-bond acceptors (Lipinski definition) is 0. The topological polar surface area (TPSA) is 0 Å². The molecule has 3 rings (SSSR count). The largest absolute Gasteiger partial charge is 0.375 e. The van der Waals surface area contributed by atoms with Crippen LogP contribution in [0.2, 0.25) is 0 Å². The monoisotopic (exact) mass is 295 g/mol. The van der Waals surface area contributed by atoms with Gasteiger partial charge in [0.1, 0.15) is 12.2 Å². The van der Waals surface area contributed by atoms with E-state index in [1.165, 1.54) is 0 Å². The third-order valence-electron chi connectivity index (χ3n) is 3.08. The van der Waals surface area contributed by atoms with E-state index in [0.29, 0.717) is 0 Å². The molecule has 0 aromatic heterocycles. The Morgan fingerprint density at radius 1 is 1.18 bits per heavy atom. The third kappa shape index (κ3) is 1.64. The zero-order valence-corrected chi connectivity index (χ0v) is 12.0. The minimum atomic E-state index is -2.64. The molecule has 2 aliphatic rings. The molecule has 0 N–H and O–H groups in total. The lowest BCUT2D eigenvalue weighted by Gasteiger charge is -2.26. The average molecular weight is 296 g/mol. The van der Waals surface area contributed by atoms with Gasteiger partial charge in [-0.15, -0.1) is 22.2 Å². The van der Waals surface area contributed by atoms with Crippen LogP contribution >= 0.6 is 33.6 Å². The van der Waals surface area contributed by atoms with E-state index in [2.05, 4.69) is 6.08 Å². The van der Waals surface area contributed by atoms with Crippen molar-refractivity contribution < 1.29 is 0 Å². The van der Waals surface area contributed by atoms with Crippen molar-refractivity contribution in [3.8, 4) is 0 Å². The van der Waals surface area contributed by atoms with Crippen LogP contribution in [0.5, 0.6) is 0 Å². The first kappa shape index (κ1) is 11.6. The van der Waals surface area contributed by atoms with Gasteiger partial charge in [-0.1, -0.05) is 29.7 Å². The molecular formula is C12H7BCl3Si+. The van der Waals surface area contributed by atoms with Gasteiger partial charge < -0.3 is 0 Å². The SMILES string of the molecule is ClB1C2=C(C=[C+]C=C2)[Si](Cl)(Cl)c2ccccc21. The molecule has 0 saturated carbocycles. The summed E-state index contributed by atoms with van der Waals surface area (Å²) in [5.41, 5.74) is 2.05. The van der Waals surface area contributed by atoms with Crippen molar-refractivity contribution in [2.24, 2.45) is 0 Å². The average Bonchev–Trinajstić information content (AvgIpc) is 2.37. The Balaban J connectivity index is 2.31. The van der Waals surface area contributed by atoms with Crippen LogP contribution in [0, 0.1) is 6.08 Å². The van der Waals surface area contributed by atoms with Crippen molar-refractivity contribution in [2.45, 2.75) is 0 Å². The molecule has 5 heteroatoms. The van der Waals surface area contributed by atoms with Crippen LogP contribution in [0.1, 0.15) is 0 Å².